The third-order valence-corrected chi connectivity index (χ3v) is 6.95. The lowest BCUT2D eigenvalue weighted by Gasteiger charge is -2.14. The average molecular weight is 408 g/mol. The summed E-state index contributed by atoms with van der Waals surface area (Å²) < 4.78 is 0.00306. The fourth-order valence-corrected chi connectivity index (χ4v) is 4.72. The number of aryl methyl sites for hydroxylation is 1. The van der Waals surface area contributed by atoms with E-state index in [2.05, 4.69) is 10.4 Å². The summed E-state index contributed by atoms with van der Waals surface area (Å²) in [5.74, 6) is -0.404. The number of fused-ring (bicyclic) bond motifs is 1. The van der Waals surface area contributed by atoms with Gasteiger partial charge in [-0.25, -0.2) is 9.66 Å². The summed E-state index contributed by atoms with van der Waals surface area (Å²) in [6.45, 7) is 3.63. The van der Waals surface area contributed by atoms with Crippen LogP contribution in [0.4, 0.5) is 0 Å². The van der Waals surface area contributed by atoms with Crippen LogP contribution in [0.15, 0.2) is 41.5 Å². The van der Waals surface area contributed by atoms with Crippen molar-refractivity contribution in [1.29, 1.82) is 0 Å². The second-order valence-electron chi connectivity index (χ2n) is 6.65. The zero-order chi connectivity index (χ0) is 18.7. The highest BCUT2D eigenvalue weighted by molar-refractivity contribution is 7.19. The molecule has 2 heterocycles. The molecule has 4 rings (SSSR count). The Bertz CT molecular complexity index is 1090. The van der Waals surface area contributed by atoms with Crippen LogP contribution in [0.3, 0.4) is 0 Å². The fraction of sp³-hybridized carbons (Fsp3) is 0.278. The topological polar surface area (TPSA) is 64.0 Å². The molecule has 1 aliphatic carbocycles. The highest BCUT2D eigenvalue weighted by atomic mass is 35.5. The third-order valence-electron chi connectivity index (χ3n) is 4.83. The van der Waals surface area contributed by atoms with Crippen molar-refractivity contribution in [2.75, 3.05) is 5.43 Å². The van der Waals surface area contributed by atoms with Crippen LogP contribution in [-0.2, 0) is 4.79 Å². The van der Waals surface area contributed by atoms with Crippen molar-refractivity contribution in [2.45, 2.75) is 24.6 Å². The first-order chi connectivity index (χ1) is 12.2. The molecule has 8 heteroatoms. The van der Waals surface area contributed by atoms with Crippen molar-refractivity contribution in [3.63, 3.8) is 0 Å². The minimum atomic E-state index is -1.10. The van der Waals surface area contributed by atoms with Gasteiger partial charge in [0.05, 0.1) is 10.8 Å². The van der Waals surface area contributed by atoms with Crippen molar-refractivity contribution in [2.24, 2.45) is 5.41 Å². The second kappa shape index (κ2) is 5.81. The number of carbonyl (C=O) groups is 1. The largest absolute Gasteiger partial charge is 0.281 e. The van der Waals surface area contributed by atoms with E-state index in [1.54, 1.807) is 6.92 Å². The van der Waals surface area contributed by atoms with E-state index in [0.29, 0.717) is 16.6 Å². The molecular weight excluding hydrogens is 393 g/mol. The highest BCUT2D eigenvalue weighted by Crippen LogP contribution is 2.63. The van der Waals surface area contributed by atoms with Gasteiger partial charge in [0.1, 0.15) is 15.5 Å². The Labute approximate surface area is 163 Å². The van der Waals surface area contributed by atoms with Gasteiger partial charge in [0.2, 0.25) is 5.91 Å². The van der Waals surface area contributed by atoms with E-state index in [1.807, 2.05) is 37.3 Å². The molecule has 1 fully saturated rings. The number of hydrogen-bond donors (Lipinski definition) is 1. The lowest BCUT2D eigenvalue weighted by Crippen LogP contribution is -2.38. The number of aromatic nitrogens is 2. The zero-order valence-corrected chi connectivity index (χ0v) is 16.4. The van der Waals surface area contributed by atoms with Crippen molar-refractivity contribution < 1.29 is 4.79 Å². The van der Waals surface area contributed by atoms with Crippen LogP contribution in [-0.4, -0.2) is 19.9 Å². The van der Waals surface area contributed by atoms with Crippen LogP contribution in [0.5, 0.6) is 0 Å². The quantitative estimate of drug-likeness (QED) is 0.664. The summed E-state index contributed by atoms with van der Waals surface area (Å²) in [5, 5.41) is 0.491. The van der Waals surface area contributed by atoms with Crippen molar-refractivity contribution in [1.82, 2.24) is 9.66 Å². The van der Waals surface area contributed by atoms with E-state index in [0.717, 1.165) is 20.7 Å². The molecule has 1 N–H and O–H groups in total. The Morgan fingerprint density at radius 2 is 1.96 bits per heavy atom. The maximum atomic E-state index is 13.0. The van der Waals surface area contributed by atoms with Crippen LogP contribution in [0.1, 0.15) is 18.2 Å². The first-order valence-electron chi connectivity index (χ1n) is 8.00. The number of halogens is 2. The Hall–Kier alpha value is -1.89. The summed E-state index contributed by atoms with van der Waals surface area (Å²) in [5.41, 5.74) is 3.12. The minimum Gasteiger partial charge on any atom is -0.272 e. The molecule has 1 saturated carbocycles. The predicted molar refractivity (Wildman–Crippen MR) is 106 cm³/mol. The Balaban J connectivity index is 1.81. The van der Waals surface area contributed by atoms with Crippen LogP contribution >= 0.6 is 34.5 Å². The van der Waals surface area contributed by atoms with E-state index in [1.165, 1.54) is 17.7 Å². The number of hydrogen-bond acceptors (Lipinski definition) is 4. The average Bonchev–Trinajstić information content (AvgIpc) is 2.96. The van der Waals surface area contributed by atoms with Crippen molar-refractivity contribution >= 4 is 50.7 Å². The normalized spacial score (nSPS) is 20.9. The van der Waals surface area contributed by atoms with Crippen molar-refractivity contribution in [3.05, 3.63) is 51.9 Å². The van der Waals surface area contributed by atoms with E-state index >= 15 is 0 Å². The number of nitrogens with one attached hydrogen (secondary N) is 1. The van der Waals surface area contributed by atoms with Gasteiger partial charge in [-0.3, -0.25) is 15.0 Å². The molecule has 5 nitrogen and oxygen atoms in total. The van der Waals surface area contributed by atoms with Gasteiger partial charge < -0.3 is 0 Å². The highest BCUT2D eigenvalue weighted by Gasteiger charge is 2.68. The molecule has 0 saturated heterocycles. The standard InChI is InChI=1S/C18H15Cl2N3O2S/c1-10-12(11-6-4-3-5-7-11)13-14(26-10)21-9-23(15(13)24)22-16(25)17(2)8-18(17,19)20/h3-7,9H,8H2,1-2H3,(H,22,25). The first kappa shape index (κ1) is 17.5. The van der Waals surface area contributed by atoms with Gasteiger partial charge in [0, 0.05) is 10.4 Å². The lowest BCUT2D eigenvalue weighted by molar-refractivity contribution is -0.121. The maximum Gasteiger partial charge on any atom is 0.281 e. The van der Waals surface area contributed by atoms with E-state index in [9.17, 15) is 9.59 Å². The summed E-state index contributed by atoms with van der Waals surface area (Å²) in [4.78, 5) is 31.5. The van der Waals surface area contributed by atoms with Crippen LogP contribution in [0, 0.1) is 12.3 Å². The van der Waals surface area contributed by atoms with Gasteiger partial charge in [-0.2, -0.15) is 0 Å². The van der Waals surface area contributed by atoms with Gasteiger partial charge in [-0.15, -0.1) is 34.5 Å². The van der Waals surface area contributed by atoms with Crippen LogP contribution in [0.2, 0.25) is 0 Å². The SMILES string of the molecule is Cc1sc2ncn(NC(=O)C3(C)CC3(Cl)Cl)c(=O)c2c1-c1ccccc1. The zero-order valence-electron chi connectivity index (χ0n) is 14.0. The van der Waals surface area contributed by atoms with Gasteiger partial charge in [-0.05, 0) is 25.8 Å². The Kier molecular flexibility index (Phi) is 3.91. The summed E-state index contributed by atoms with van der Waals surface area (Å²) in [7, 11) is 0. The molecule has 1 aromatic carbocycles. The van der Waals surface area contributed by atoms with E-state index < -0.39 is 15.7 Å². The van der Waals surface area contributed by atoms with Gasteiger partial charge >= 0.3 is 0 Å². The Morgan fingerprint density at radius 3 is 2.58 bits per heavy atom. The molecule has 0 radical (unpaired) electrons. The molecule has 26 heavy (non-hydrogen) atoms. The van der Waals surface area contributed by atoms with Crippen LogP contribution in [0.25, 0.3) is 21.3 Å². The minimum absolute atomic E-state index is 0.328. The molecule has 134 valence electrons. The number of benzene rings is 1. The molecule has 0 bridgehead atoms. The predicted octanol–water partition coefficient (Wildman–Crippen LogP) is 4.09. The Morgan fingerprint density at radius 1 is 1.31 bits per heavy atom. The fourth-order valence-electron chi connectivity index (χ4n) is 3.01. The molecule has 1 unspecified atom stereocenters. The summed E-state index contributed by atoms with van der Waals surface area (Å²) in [6, 6.07) is 9.66. The first-order valence-corrected chi connectivity index (χ1v) is 9.57. The number of thiophene rings is 1. The molecular formula is C18H15Cl2N3O2S. The van der Waals surface area contributed by atoms with E-state index in [-0.39, 0.29) is 5.56 Å². The number of carbonyl (C=O) groups excluding carboxylic acids is 1. The van der Waals surface area contributed by atoms with E-state index in [4.69, 9.17) is 23.2 Å². The maximum absolute atomic E-state index is 13.0. The number of nitrogens with zero attached hydrogens (tertiary/aromatic N) is 2. The van der Waals surface area contributed by atoms with Gasteiger partial charge in [-0.1, -0.05) is 30.3 Å². The molecule has 3 aromatic rings. The molecule has 1 amide bonds. The third kappa shape index (κ3) is 2.55. The molecule has 1 atom stereocenters. The summed E-state index contributed by atoms with van der Waals surface area (Å²) in [6.07, 6.45) is 1.66. The number of rotatable bonds is 3. The molecule has 0 aliphatic heterocycles. The smallest absolute Gasteiger partial charge is 0.272 e. The molecule has 2 aromatic heterocycles. The summed E-state index contributed by atoms with van der Waals surface area (Å²) >= 11 is 13.6. The number of alkyl halides is 2. The monoisotopic (exact) mass is 407 g/mol. The van der Waals surface area contributed by atoms with Gasteiger partial charge in [0.25, 0.3) is 5.56 Å². The molecule has 0 spiro atoms. The van der Waals surface area contributed by atoms with Crippen molar-refractivity contribution in [3.8, 4) is 11.1 Å². The van der Waals surface area contributed by atoms with Gasteiger partial charge in [0.15, 0.2) is 0 Å². The van der Waals surface area contributed by atoms with Crippen LogP contribution < -0.4 is 11.0 Å². The molecule has 1 aliphatic rings. The second-order valence-corrected chi connectivity index (χ2v) is 9.34. The lowest BCUT2D eigenvalue weighted by atomic mass is 10.0. The number of amides is 1.